The van der Waals surface area contributed by atoms with Crippen LogP contribution in [0.25, 0.3) is 11.2 Å². The summed E-state index contributed by atoms with van der Waals surface area (Å²) in [6, 6.07) is 5.20. The lowest BCUT2D eigenvalue weighted by Gasteiger charge is -2.26. The number of fused-ring (bicyclic) bond motifs is 1. The third kappa shape index (κ3) is 7.22. The Hall–Kier alpha value is -4.59. The number of nitrogens with two attached hydrogens (primary N) is 1. The number of esters is 1. The lowest BCUT2D eigenvalue weighted by molar-refractivity contribution is -0.158. The molecule has 0 spiro atoms. The molecular formula is C24H29N7O7. The number of carbonyl (C=O) groups excluding carboxylic acids is 3. The molecule has 0 radical (unpaired) electrons. The quantitative estimate of drug-likeness (QED) is 0.314. The molecule has 2 aromatic heterocycles. The Morgan fingerprint density at radius 3 is 2.42 bits per heavy atom. The summed E-state index contributed by atoms with van der Waals surface area (Å²) in [6.07, 6.45) is 2.51. The Labute approximate surface area is 217 Å². The van der Waals surface area contributed by atoms with Crippen molar-refractivity contribution in [1.82, 2.24) is 24.4 Å². The number of hydrogen-bond donors (Lipinski definition) is 3. The van der Waals surface area contributed by atoms with Crippen LogP contribution in [0.5, 0.6) is 5.75 Å². The van der Waals surface area contributed by atoms with Crippen LogP contribution in [-0.2, 0) is 25.7 Å². The van der Waals surface area contributed by atoms with Crippen LogP contribution in [0.3, 0.4) is 0 Å². The Bertz CT molecular complexity index is 1330. The van der Waals surface area contributed by atoms with Crippen molar-refractivity contribution in [3.05, 3.63) is 42.5 Å². The van der Waals surface area contributed by atoms with Gasteiger partial charge in [-0.3, -0.25) is 19.2 Å². The van der Waals surface area contributed by atoms with Crippen molar-refractivity contribution in [2.24, 2.45) is 5.73 Å². The van der Waals surface area contributed by atoms with Gasteiger partial charge < -0.3 is 35.1 Å². The van der Waals surface area contributed by atoms with Crippen molar-refractivity contribution in [3.8, 4) is 5.75 Å². The molecule has 4 N–H and O–H groups in total. The van der Waals surface area contributed by atoms with E-state index in [9.17, 15) is 24.3 Å². The van der Waals surface area contributed by atoms with Crippen molar-refractivity contribution >= 4 is 40.7 Å². The third-order valence-electron chi connectivity index (χ3n) is 5.10. The second-order valence-electron chi connectivity index (χ2n) is 9.26. The molecule has 0 aliphatic rings. The molecule has 0 bridgehead atoms. The minimum atomic E-state index is -1.28. The average Bonchev–Trinajstić information content (AvgIpc) is 3.25. The molecule has 0 aliphatic carbocycles. The van der Waals surface area contributed by atoms with Crippen LogP contribution < -0.4 is 15.8 Å². The highest BCUT2D eigenvalue weighted by atomic mass is 16.6. The van der Waals surface area contributed by atoms with Gasteiger partial charge in [0, 0.05) is 12.1 Å². The van der Waals surface area contributed by atoms with Gasteiger partial charge in [-0.2, -0.15) is 0 Å². The second-order valence-corrected chi connectivity index (χ2v) is 9.26. The van der Waals surface area contributed by atoms with Crippen molar-refractivity contribution in [2.75, 3.05) is 25.5 Å². The minimum Gasteiger partial charge on any atom is -0.497 e. The number of ether oxygens (including phenoxy) is 2. The first-order valence-corrected chi connectivity index (χ1v) is 11.5. The first-order chi connectivity index (χ1) is 17.9. The Balaban J connectivity index is 1.76. The predicted octanol–water partition coefficient (Wildman–Crippen LogP) is 0.669. The number of carbonyl (C=O) groups is 4. The zero-order chi connectivity index (χ0) is 28.0. The number of nitrogens with zero attached hydrogens (tertiary/aromatic N) is 5. The van der Waals surface area contributed by atoms with E-state index in [-0.39, 0.29) is 30.1 Å². The summed E-state index contributed by atoms with van der Waals surface area (Å²) in [5.74, 6) is -2.42. The van der Waals surface area contributed by atoms with Crippen molar-refractivity contribution in [1.29, 1.82) is 0 Å². The van der Waals surface area contributed by atoms with Crippen molar-refractivity contribution in [2.45, 2.75) is 39.0 Å². The topological polar surface area (TPSA) is 192 Å². The standard InChI is InChI=1S/C24H29N7O7/c1-24(2,3)38-23(36)16(25)9-30(11-18(33)34)17(32)10-31-13-28-19-20(26-12-27-21(19)31)29-22(35)14-5-7-15(37-4)8-6-14/h5-8,12-13,16H,9-11,25H2,1-4H3,(H,33,34)(H,26,27,29,35). The highest BCUT2D eigenvalue weighted by molar-refractivity contribution is 6.06. The first-order valence-electron chi connectivity index (χ1n) is 11.5. The summed E-state index contributed by atoms with van der Waals surface area (Å²) < 4.78 is 11.7. The summed E-state index contributed by atoms with van der Waals surface area (Å²) in [6.45, 7) is 3.59. The maximum absolute atomic E-state index is 13.0. The van der Waals surface area contributed by atoms with E-state index in [2.05, 4.69) is 20.3 Å². The number of imidazole rings is 1. The van der Waals surface area contributed by atoms with Gasteiger partial charge in [0.25, 0.3) is 5.91 Å². The number of benzene rings is 1. The van der Waals surface area contributed by atoms with E-state index in [0.717, 1.165) is 4.90 Å². The van der Waals surface area contributed by atoms with E-state index < -0.39 is 41.9 Å². The Kier molecular flexibility index (Phi) is 8.57. The number of hydrogen-bond acceptors (Lipinski definition) is 10. The molecule has 14 nitrogen and oxygen atoms in total. The fourth-order valence-corrected chi connectivity index (χ4v) is 3.36. The second kappa shape index (κ2) is 11.6. The smallest absolute Gasteiger partial charge is 0.325 e. The Morgan fingerprint density at radius 2 is 1.82 bits per heavy atom. The maximum atomic E-state index is 13.0. The van der Waals surface area contributed by atoms with Gasteiger partial charge in [0.1, 0.15) is 36.8 Å². The molecule has 0 saturated carbocycles. The van der Waals surface area contributed by atoms with E-state index in [1.54, 1.807) is 45.0 Å². The first kappa shape index (κ1) is 28.0. The number of rotatable bonds is 10. The van der Waals surface area contributed by atoms with E-state index in [1.807, 2.05) is 0 Å². The zero-order valence-corrected chi connectivity index (χ0v) is 21.4. The van der Waals surface area contributed by atoms with Crippen LogP contribution in [0.4, 0.5) is 5.82 Å². The molecule has 0 saturated heterocycles. The number of anilines is 1. The van der Waals surface area contributed by atoms with E-state index >= 15 is 0 Å². The predicted molar refractivity (Wildman–Crippen MR) is 134 cm³/mol. The summed E-state index contributed by atoms with van der Waals surface area (Å²) in [5.41, 5.74) is 5.89. The number of aromatic nitrogens is 4. The monoisotopic (exact) mass is 527 g/mol. The summed E-state index contributed by atoms with van der Waals surface area (Å²) in [5, 5.41) is 11.9. The molecule has 3 aromatic rings. The van der Waals surface area contributed by atoms with E-state index in [4.69, 9.17) is 15.2 Å². The largest absolute Gasteiger partial charge is 0.497 e. The van der Waals surface area contributed by atoms with Crippen molar-refractivity contribution < 1.29 is 33.8 Å². The molecular weight excluding hydrogens is 498 g/mol. The maximum Gasteiger partial charge on any atom is 0.325 e. The molecule has 14 heteroatoms. The molecule has 2 heterocycles. The van der Waals surface area contributed by atoms with Crippen LogP contribution in [-0.4, -0.2) is 85.1 Å². The van der Waals surface area contributed by atoms with Gasteiger partial charge in [-0.05, 0) is 45.0 Å². The number of nitrogens with one attached hydrogen (secondary N) is 1. The van der Waals surface area contributed by atoms with Crippen LogP contribution >= 0.6 is 0 Å². The molecule has 1 atom stereocenters. The molecule has 38 heavy (non-hydrogen) atoms. The molecule has 1 unspecified atom stereocenters. The van der Waals surface area contributed by atoms with Gasteiger partial charge in [0.15, 0.2) is 17.0 Å². The van der Waals surface area contributed by atoms with Gasteiger partial charge in [0.2, 0.25) is 5.91 Å². The Morgan fingerprint density at radius 1 is 1.13 bits per heavy atom. The molecule has 3 rings (SSSR count). The summed E-state index contributed by atoms with van der Waals surface area (Å²) in [4.78, 5) is 62.7. The average molecular weight is 528 g/mol. The normalized spacial score (nSPS) is 12.0. The molecule has 2 amide bonds. The van der Waals surface area contributed by atoms with Crippen LogP contribution in [0.15, 0.2) is 36.9 Å². The van der Waals surface area contributed by atoms with Gasteiger partial charge in [0.05, 0.1) is 13.4 Å². The zero-order valence-electron chi connectivity index (χ0n) is 21.4. The summed E-state index contributed by atoms with van der Waals surface area (Å²) in [7, 11) is 1.52. The molecule has 0 fully saturated rings. The molecule has 0 aliphatic heterocycles. The van der Waals surface area contributed by atoms with E-state index in [0.29, 0.717) is 11.3 Å². The van der Waals surface area contributed by atoms with Crippen molar-refractivity contribution in [3.63, 3.8) is 0 Å². The van der Waals surface area contributed by atoms with Gasteiger partial charge in [-0.15, -0.1) is 0 Å². The van der Waals surface area contributed by atoms with Gasteiger partial charge >= 0.3 is 11.9 Å². The molecule has 202 valence electrons. The fourth-order valence-electron chi connectivity index (χ4n) is 3.36. The molecule has 1 aromatic carbocycles. The van der Waals surface area contributed by atoms with Crippen LogP contribution in [0.1, 0.15) is 31.1 Å². The number of carboxylic acid groups (broad SMARTS) is 1. The van der Waals surface area contributed by atoms with E-state index in [1.165, 1.54) is 24.3 Å². The minimum absolute atomic E-state index is 0.122. The van der Waals surface area contributed by atoms with Gasteiger partial charge in [-0.25, -0.2) is 15.0 Å². The van der Waals surface area contributed by atoms with Crippen LogP contribution in [0.2, 0.25) is 0 Å². The number of carboxylic acids is 1. The number of aliphatic carboxylic acids is 1. The van der Waals surface area contributed by atoms with Crippen LogP contribution in [0, 0.1) is 0 Å². The lowest BCUT2D eigenvalue weighted by atomic mass is 10.2. The number of methoxy groups -OCH3 is 1. The lowest BCUT2D eigenvalue weighted by Crippen LogP contribution is -2.49. The SMILES string of the molecule is COc1ccc(C(=O)Nc2ncnc3c2ncn3CC(=O)N(CC(=O)O)CC(N)C(=O)OC(C)(C)C)cc1. The third-order valence-corrected chi connectivity index (χ3v) is 5.10. The fraction of sp³-hybridized carbons (Fsp3) is 0.375. The highest BCUT2D eigenvalue weighted by Gasteiger charge is 2.27. The summed E-state index contributed by atoms with van der Waals surface area (Å²) >= 11 is 0. The number of amides is 2. The van der Waals surface area contributed by atoms with Gasteiger partial charge in [-0.1, -0.05) is 0 Å². The highest BCUT2D eigenvalue weighted by Crippen LogP contribution is 2.19.